The Bertz CT molecular complexity index is 1390. The van der Waals surface area contributed by atoms with Crippen LogP contribution in [-0.4, -0.2) is 76.9 Å². The predicted octanol–water partition coefficient (Wildman–Crippen LogP) is 4.25. The summed E-state index contributed by atoms with van der Waals surface area (Å²) in [7, 11) is 1.69. The average Bonchev–Trinajstić information content (AvgIpc) is 3.29. The molecule has 3 aromatic rings. The number of amides is 5. The standard InChI is InChI=1S/C30H38N6O6/c1-18-15-36(19(2)17-37)27(38)14-22-13-24(31-29(39)33-28-20(3)34-42-21(28)4)11-12-25(22)41-26(18)16-35(5)30(40)32-23-9-7-6-8-10-23/h6-13,18-19,26,37H,14-17H2,1-5H3,(H,32,40)(H2,31,33,39)/t18-,19-,26-/m1/s1. The number of rotatable bonds is 7. The normalized spacial score (nSPS) is 17.6. The van der Waals surface area contributed by atoms with Crippen LogP contribution in [0.15, 0.2) is 53.1 Å². The molecule has 5 amide bonds. The molecule has 4 rings (SSSR count). The van der Waals surface area contributed by atoms with Crippen LogP contribution in [0.5, 0.6) is 5.75 Å². The van der Waals surface area contributed by atoms with Crippen LogP contribution in [0.3, 0.4) is 0 Å². The van der Waals surface area contributed by atoms with Crippen LogP contribution in [-0.2, 0) is 11.2 Å². The molecule has 12 heteroatoms. The first kappa shape index (κ1) is 30.4. The van der Waals surface area contributed by atoms with Crippen molar-refractivity contribution in [2.75, 3.05) is 42.7 Å². The lowest BCUT2D eigenvalue weighted by Gasteiger charge is -2.34. The van der Waals surface area contributed by atoms with Crippen LogP contribution in [0.4, 0.5) is 26.7 Å². The van der Waals surface area contributed by atoms with Gasteiger partial charge in [0.1, 0.15) is 23.2 Å². The molecule has 0 unspecified atom stereocenters. The van der Waals surface area contributed by atoms with E-state index in [1.165, 1.54) is 0 Å². The summed E-state index contributed by atoms with van der Waals surface area (Å²) in [6, 6.07) is 13.1. The lowest BCUT2D eigenvalue weighted by molar-refractivity contribution is -0.134. The number of aromatic nitrogens is 1. The minimum Gasteiger partial charge on any atom is -0.488 e. The van der Waals surface area contributed by atoms with Crippen molar-refractivity contribution in [1.82, 2.24) is 15.0 Å². The van der Waals surface area contributed by atoms with Crippen LogP contribution >= 0.6 is 0 Å². The van der Waals surface area contributed by atoms with Gasteiger partial charge in [-0.1, -0.05) is 30.3 Å². The monoisotopic (exact) mass is 578 g/mol. The fourth-order valence-corrected chi connectivity index (χ4v) is 4.76. The maximum atomic E-state index is 13.5. The van der Waals surface area contributed by atoms with Crippen LogP contribution < -0.4 is 20.7 Å². The summed E-state index contributed by atoms with van der Waals surface area (Å²) < 4.78 is 11.6. The zero-order chi connectivity index (χ0) is 30.4. The lowest BCUT2D eigenvalue weighted by Crippen LogP contribution is -2.48. The van der Waals surface area contributed by atoms with Gasteiger partial charge in [0, 0.05) is 36.4 Å². The third-order valence-electron chi connectivity index (χ3n) is 7.27. The second-order valence-electron chi connectivity index (χ2n) is 10.7. The Morgan fingerprint density at radius 2 is 1.86 bits per heavy atom. The number of likely N-dealkylation sites (N-methyl/N-ethyl adjacent to an activating group) is 1. The number of aliphatic hydroxyl groups is 1. The highest BCUT2D eigenvalue weighted by atomic mass is 16.5. The number of nitrogens with zero attached hydrogens (tertiary/aromatic N) is 3. The van der Waals surface area contributed by atoms with Crippen molar-refractivity contribution in [3.05, 3.63) is 65.5 Å². The van der Waals surface area contributed by atoms with Gasteiger partial charge in [0.25, 0.3) is 0 Å². The van der Waals surface area contributed by atoms with Crippen molar-refractivity contribution in [2.45, 2.75) is 46.3 Å². The predicted molar refractivity (Wildman–Crippen MR) is 159 cm³/mol. The van der Waals surface area contributed by atoms with Gasteiger partial charge >= 0.3 is 12.1 Å². The van der Waals surface area contributed by atoms with Crippen molar-refractivity contribution in [3.63, 3.8) is 0 Å². The first-order valence-electron chi connectivity index (χ1n) is 13.8. The molecule has 0 fully saturated rings. The van der Waals surface area contributed by atoms with E-state index >= 15 is 0 Å². The van der Waals surface area contributed by atoms with E-state index in [1.54, 1.807) is 68.0 Å². The molecule has 3 atom stereocenters. The maximum Gasteiger partial charge on any atom is 0.323 e. The molecular formula is C30H38N6O6. The number of benzene rings is 2. The molecule has 2 aromatic carbocycles. The Hall–Kier alpha value is -4.58. The van der Waals surface area contributed by atoms with Gasteiger partial charge < -0.3 is 40.1 Å². The van der Waals surface area contributed by atoms with Crippen molar-refractivity contribution in [3.8, 4) is 5.75 Å². The van der Waals surface area contributed by atoms with Crippen LogP contribution in [0.25, 0.3) is 0 Å². The smallest absolute Gasteiger partial charge is 0.323 e. The van der Waals surface area contributed by atoms with Gasteiger partial charge in [-0.25, -0.2) is 9.59 Å². The number of ether oxygens (including phenoxy) is 1. The molecular weight excluding hydrogens is 540 g/mol. The zero-order valence-electron chi connectivity index (χ0n) is 24.5. The summed E-state index contributed by atoms with van der Waals surface area (Å²) in [5.74, 6) is 0.602. The van der Waals surface area contributed by atoms with Crippen LogP contribution in [0.1, 0.15) is 30.9 Å². The number of para-hydroxylation sites is 1. The Morgan fingerprint density at radius 1 is 1.12 bits per heavy atom. The minimum absolute atomic E-state index is 0.00442. The van der Waals surface area contributed by atoms with E-state index in [4.69, 9.17) is 9.26 Å². The average molecular weight is 579 g/mol. The number of hydrogen-bond donors (Lipinski definition) is 4. The Kier molecular flexibility index (Phi) is 9.68. The summed E-state index contributed by atoms with van der Waals surface area (Å²) in [5.41, 5.74) is 2.74. The lowest BCUT2D eigenvalue weighted by atomic mass is 10.0. The number of aliphatic hydroxyl groups excluding tert-OH is 1. The van der Waals surface area contributed by atoms with Gasteiger partial charge in [0.2, 0.25) is 5.91 Å². The van der Waals surface area contributed by atoms with Crippen molar-refractivity contribution < 1.29 is 28.8 Å². The Morgan fingerprint density at radius 3 is 2.52 bits per heavy atom. The Balaban J connectivity index is 1.56. The molecule has 0 spiro atoms. The highest BCUT2D eigenvalue weighted by Crippen LogP contribution is 2.29. The van der Waals surface area contributed by atoms with E-state index in [-0.39, 0.29) is 37.4 Å². The molecule has 1 aliphatic rings. The number of carbonyl (C=O) groups excluding carboxylic acids is 3. The summed E-state index contributed by atoms with van der Waals surface area (Å²) in [6.45, 7) is 7.55. The summed E-state index contributed by atoms with van der Waals surface area (Å²) in [4.78, 5) is 42.3. The SMILES string of the molecule is Cc1noc(C)c1NC(=O)Nc1ccc2c(c1)CC(=O)N([C@H](C)CO)C[C@@H](C)[C@@H](CN(C)C(=O)Nc1ccccc1)O2. The summed E-state index contributed by atoms with van der Waals surface area (Å²) in [5, 5.41) is 22.1. The van der Waals surface area contributed by atoms with Crippen LogP contribution in [0, 0.1) is 19.8 Å². The molecule has 0 saturated carbocycles. The van der Waals surface area contributed by atoms with Crippen molar-refractivity contribution in [1.29, 1.82) is 0 Å². The van der Waals surface area contributed by atoms with Gasteiger partial charge in [-0.3, -0.25) is 4.79 Å². The Labute approximate surface area is 245 Å². The van der Waals surface area contributed by atoms with E-state index in [0.717, 1.165) is 0 Å². The second-order valence-corrected chi connectivity index (χ2v) is 10.7. The number of carbonyl (C=O) groups is 3. The van der Waals surface area contributed by atoms with Gasteiger partial charge in [-0.05, 0) is 51.1 Å². The van der Waals surface area contributed by atoms with E-state index in [1.807, 2.05) is 25.1 Å². The van der Waals surface area contributed by atoms with Gasteiger partial charge in [-0.2, -0.15) is 0 Å². The molecule has 224 valence electrons. The number of nitrogens with one attached hydrogen (secondary N) is 3. The molecule has 12 nitrogen and oxygen atoms in total. The third kappa shape index (κ3) is 7.38. The first-order chi connectivity index (χ1) is 20.0. The zero-order valence-corrected chi connectivity index (χ0v) is 24.5. The van der Waals surface area contributed by atoms with Crippen molar-refractivity contribution in [2.24, 2.45) is 5.92 Å². The molecule has 0 radical (unpaired) electrons. The summed E-state index contributed by atoms with van der Waals surface area (Å²) >= 11 is 0. The van der Waals surface area contributed by atoms with E-state index in [2.05, 4.69) is 21.1 Å². The molecule has 0 saturated heterocycles. The first-order valence-corrected chi connectivity index (χ1v) is 13.8. The molecule has 4 N–H and O–H groups in total. The minimum atomic E-state index is -0.493. The second kappa shape index (κ2) is 13.4. The number of aryl methyl sites for hydroxylation is 2. The number of anilines is 3. The maximum absolute atomic E-state index is 13.5. The summed E-state index contributed by atoms with van der Waals surface area (Å²) in [6.07, 6.45) is -0.471. The highest BCUT2D eigenvalue weighted by Gasteiger charge is 2.32. The fraction of sp³-hybridized carbons (Fsp3) is 0.400. The topological polar surface area (TPSA) is 149 Å². The molecule has 1 aliphatic heterocycles. The molecule has 42 heavy (non-hydrogen) atoms. The van der Waals surface area contributed by atoms with E-state index in [0.29, 0.717) is 46.4 Å². The van der Waals surface area contributed by atoms with Crippen LogP contribution in [0.2, 0.25) is 0 Å². The molecule has 0 bridgehead atoms. The largest absolute Gasteiger partial charge is 0.488 e. The van der Waals surface area contributed by atoms with Gasteiger partial charge in [0.15, 0.2) is 5.76 Å². The quantitative estimate of drug-likeness (QED) is 0.327. The van der Waals surface area contributed by atoms with E-state index < -0.39 is 18.2 Å². The molecule has 0 aliphatic carbocycles. The number of hydrogen-bond acceptors (Lipinski definition) is 7. The van der Waals surface area contributed by atoms with Gasteiger partial charge in [-0.15, -0.1) is 0 Å². The van der Waals surface area contributed by atoms with E-state index in [9.17, 15) is 19.5 Å². The van der Waals surface area contributed by atoms with Gasteiger partial charge in [0.05, 0.1) is 25.6 Å². The molecule has 2 heterocycles. The van der Waals surface area contributed by atoms with Crippen molar-refractivity contribution >= 4 is 35.0 Å². The number of urea groups is 2. The third-order valence-corrected chi connectivity index (χ3v) is 7.27. The molecule has 1 aromatic heterocycles. The highest BCUT2D eigenvalue weighted by molar-refractivity contribution is 6.00. The number of fused-ring (bicyclic) bond motifs is 1. The fourth-order valence-electron chi connectivity index (χ4n) is 4.76.